The molecule has 3 nitrogen and oxygen atoms in total. The van der Waals surface area contributed by atoms with Crippen molar-refractivity contribution in [1.82, 2.24) is 9.80 Å². The van der Waals surface area contributed by atoms with E-state index in [9.17, 15) is 4.79 Å². The molecule has 1 amide bonds. The molecular formula is C12H24N2O. The maximum absolute atomic E-state index is 12.1. The third-order valence-corrected chi connectivity index (χ3v) is 2.89. The predicted octanol–water partition coefficient (Wildman–Crippen LogP) is 1.59. The van der Waals surface area contributed by atoms with Crippen LogP contribution in [0, 0.1) is 5.41 Å². The van der Waals surface area contributed by atoms with Gasteiger partial charge in [0.05, 0.1) is 6.04 Å². The van der Waals surface area contributed by atoms with Crippen LogP contribution in [0.4, 0.5) is 0 Å². The van der Waals surface area contributed by atoms with Crippen LogP contribution < -0.4 is 0 Å². The van der Waals surface area contributed by atoms with Crippen molar-refractivity contribution in [3.05, 3.63) is 0 Å². The van der Waals surface area contributed by atoms with Gasteiger partial charge >= 0.3 is 0 Å². The van der Waals surface area contributed by atoms with Gasteiger partial charge in [0.25, 0.3) is 0 Å². The minimum Gasteiger partial charge on any atom is -0.344 e. The first-order chi connectivity index (χ1) is 6.81. The van der Waals surface area contributed by atoms with E-state index in [4.69, 9.17) is 0 Å². The van der Waals surface area contributed by atoms with E-state index < -0.39 is 0 Å². The van der Waals surface area contributed by atoms with Crippen molar-refractivity contribution < 1.29 is 4.79 Å². The lowest BCUT2D eigenvalue weighted by Crippen LogP contribution is -2.45. The topological polar surface area (TPSA) is 23.6 Å². The summed E-state index contributed by atoms with van der Waals surface area (Å²) in [5.41, 5.74) is 0.182. The normalized spacial score (nSPS) is 23.1. The highest BCUT2D eigenvalue weighted by molar-refractivity contribution is 5.81. The number of hydrogen-bond acceptors (Lipinski definition) is 2. The molecule has 1 aliphatic heterocycles. The number of likely N-dealkylation sites (N-methyl/N-ethyl adjacent to an activating group) is 2. The fraction of sp³-hybridized carbons (Fsp3) is 0.917. The molecule has 1 rings (SSSR count). The first kappa shape index (κ1) is 12.5. The molecule has 0 aliphatic carbocycles. The number of likely N-dealkylation sites (tertiary alicyclic amines) is 1. The van der Waals surface area contributed by atoms with Crippen LogP contribution >= 0.6 is 0 Å². The number of nitrogens with zero attached hydrogens (tertiary/aromatic N) is 2. The molecule has 0 bridgehead atoms. The largest absolute Gasteiger partial charge is 0.344 e. The van der Waals surface area contributed by atoms with Crippen LogP contribution in [0.2, 0.25) is 0 Å². The van der Waals surface area contributed by atoms with Crippen LogP contribution in [0.3, 0.4) is 0 Å². The molecule has 3 heteroatoms. The van der Waals surface area contributed by atoms with Crippen LogP contribution in [-0.2, 0) is 4.79 Å². The summed E-state index contributed by atoms with van der Waals surface area (Å²) in [6.45, 7) is 8.37. The minimum absolute atomic E-state index is 0.123. The molecule has 1 atom stereocenters. The summed E-state index contributed by atoms with van der Waals surface area (Å²) in [4.78, 5) is 16.2. The quantitative estimate of drug-likeness (QED) is 0.694. The van der Waals surface area contributed by atoms with E-state index in [1.165, 1.54) is 0 Å². The number of hydrogen-bond donors (Lipinski definition) is 0. The number of rotatable bonds is 2. The van der Waals surface area contributed by atoms with Gasteiger partial charge in [-0.3, -0.25) is 9.69 Å². The highest BCUT2D eigenvalue weighted by Gasteiger charge is 2.31. The van der Waals surface area contributed by atoms with Crippen molar-refractivity contribution in [2.45, 2.75) is 39.7 Å². The zero-order valence-electron chi connectivity index (χ0n) is 10.7. The lowest BCUT2D eigenvalue weighted by Gasteiger charge is -2.30. The number of carbonyl (C=O) groups excluding carboxylic acids is 1. The molecule has 0 saturated carbocycles. The molecule has 1 unspecified atom stereocenters. The first-order valence-corrected chi connectivity index (χ1v) is 5.76. The first-order valence-electron chi connectivity index (χ1n) is 5.76. The maximum Gasteiger partial charge on any atom is 0.239 e. The second-order valence-corrected chi connectivity index (χ2v) is 5.89. The van der Waals surface area contributed by atoms with Crippen molar-refractivity contribution in [3.8, 4) is 0 Å². The second-order valence-electron chi connectivity index (χ2n) is 5.89. The van der Waals surface area contributed by atoms with Crippen LogP contribution in [0.15, 0.2) is 0 Å². The lowest BCUT2D eigenvalue weighted by atomic mass is 9.96. The standard InChI is InChI=1S/C12H24N2O/c1-12(2,3)9-14(5)11(15)10-7-6-8-13(10)4/h10H,6-9H2,1-5H3. The van der Waals surface area contributed by atoms with E-state index in [1.54, 1.807) is 0 Å². The molecular weight excluding hydrogens is 188 g/mol. The SMILES string of the molecule is CN(CC(C)(C)C)C(=O)C1CCCN1C. The summed E-state index contributed by atoms with van der Waals surface area (Å²) < 4.78 is 0. The second kappa shape index (κ2) is 4.52. The minimum atomic E-state index is 0.123. The summed E-state index contributed by atoms with van der Waals surface area (Å²) in [5.74, 6) is 0.282. The molecule has 88 valence electrons. The van der Waals surface area contributed by atoms with Gasteiger partial charge < -0.3 is 4.90 Å². The molecule has 0 N–H and O–H groups in total. The summed E-state index contributed by atoms with van der Waals surface area (Å²) in [7, 11) is 3.96. The van der Waals surface area contributed by atoms with Crippen LogP contribution in [0.25, 0.3) is 0 Å². The smallest absolute Gasteiger partial charge is 0.239 e. The van der Waals surface area contributed by atoms with Crippen molar-refractivity contribution in [2.24, 2.45) is 5.41 Å². The lowest BCUT2D eigenvalue weighted by molar-refractivity contribution is -0.135. The van der Waals surface area contributed by atoms with Crippen molar-refractivity contribution >= 4 is 5.91 Å². The molecule has 0 aromatic heterocycles. The summed E-state index contributed by atoms with van der Waals surface area (Å²) in [6, 6.07) is 0.123. The highest BCUT2D eigenvalue weighted by atomic mass is 16.2. The zero-order chi connectivity index (χ0) is 11.6. The average molecular weight is 212 g/mol. The van der Waals surface area contributed by atoms with Crippen molar-refractivity contribution in [1.29, 1.82) is 0 Å². The number of amides is 1. The van der Waals surface area contributed by atoms with Gasteiger partial charge in [0.15, 0.2) is 0 Å². The Kier molecular flexibility index (Phi) is 3.77. The van der Waals surface area contributed by atoms with Gasteiger partial charge in [-0.05, 0) is 31.8 Å². The van der Waals surface area contributed by atoms with E-state index in [0.717, 1.165) is 25.9 Å². The van der Waals surface area contributed by atoms with E-state index in [2.05, 4.69) is 25.7 Å². The molecule has 0 aromatic rings. The van der Waals surface area contributed by atoms with Crippen molar-refractivity contribution in [2.75, 3.05) is 27.2 Å². The van der Waals surface area contributed by atoms with Crippen LogP contribution in [0.1, 0.15) is 33.6 Å². The molecule has 0 aromatic carbocycles. The molecule has 1 saturated heterocycles. The number of carbonyl (C=O) groups is 1. The summed E-state index contributed by atoms with van der Waals surface area (Å²) in [6.07, 6.45) is 2.17. The van der Waals surface area contributed by atoms with E-state index >= 15 is 0 Å². The molecule has 0 radical (unpaired) electrons. The molecule has 15 heavy (non-hydrogen) atoms. The van der Waals surface area contributed by atoms with Crippen LogP contribution in [0.5, 0.6) is 0 Å². The Bertz CT molecular complexity index is 232. The Labute approximate surface area is 93.4 Å². The molecule has 0 spiro atoms. The fourth-order valence-electron chi connectivity index (χ4n) is 2.27. The Balaban J connectivity index is 2.52. The summed E-state index contributed by atoms with van der Waals surface area (Å²) in [5, 5.41) is 0. The van der Waals surface area contributed by atoms with Crippen LogP contribution in [-0.4, -0.2) is 48.9 Å². The maximum atomic E-state index is 12.1. The van der Waals surface area contributed by atoms with Gasteiger partial charge in [-0.25, -0.2) is 0 Å². The Morgan fingerprint density at radius 3 is 2.47 bits per heavy atom. The van der Waals surface area contributed by atoms with Gasteiger partial charge in [-0.15, -0.1) is 0 Å². The Morgan fingerprint density at radius 1 is 1.47 bits per heavy atom. The molecule has 1 fully saturated rings. The van der Waals surface area contributed by atoms with Crippen molar-refractivity contribution in [3.63, 3.8) is 0 Å². The molecule has 1 aliphatic rings. The third-order valence-electron chi connectivity index (χ3n) is 2.89. The van der Waals surface area contributed by atoms with E-state index in [1.807, 2.05) is 19.0 Å². The Hall–Kier alpha value is -0.570. The van der Waals surface area contributed by atoms with Gasteiger partial charge in [0, 0.05) is 13.6 Å². The monoisotopic (exact) mass is 212 g/mol. The zero-order valence-corrected chi connectivity index (χ0v) is 10.7. The fourth-order valence-corrected chi connectivity index (χ4v) is 2.27. The van der Waals surface area contributed by atoms with Gasteiger partial charge in [-0.2, -0.15) is 0 Å². The van der Waals surface area contributed by atoms with Gasteiger partial charge in [0.2, 0.25) is 5.91 Å². The predicted molar refractivity (Wildman–Crippen MR) is 62.7 cm³/mol. The highest BCUT2D eigenvalue weighted by Crippen LogP contribution is 2.19. The molecule has 1 heterocycles. The van der Waals surface area contributed by atoms with E-state index in [-0.39, 0.29) is 17.4 Å². The summed E-state index contributed by atoms with van der Waals surface area (Å²) >= 11 is 0. The van der Waals surface area contributed by atoms with E-state index in [0.29, 0.717) is 0 Å². The van der Waals surface area contributed by atoms with Gasteiger partial charge in [-0.1, -0.05) is 20.8 Å². The Morgan fingerprint density at radius 2 is 2.07 bits per heavy atom. The third kappa shape index (κ3) is 3.49. The average Bonchev–Trinajstić information content (AvgIpc) is 2.47. The van der Waals surface area contributed by atoms with Gasteiger partial charge in [0.1, 0.15) is 0 Å².